The predicted molar refractivity (Wildman–Crippen MR) is 84.8 cm³/mol. The van der Waals surface area contributed by atoms with Gasteiger partial charge in [0.2, 0.25) is 0 Å². The standard InChI is InChI=1S/C16H20BrNO2/c1-10-7-11(2)9-12(8-10)15(16(19)20)18-14-5-3-13(17)4-6-14/h3-7,10,12,15,18H,8-9H2,1-2H3,(H,19,20). The van der Waals surface area contributed by atoms with Crippen LogP contribution in [0.2, 0.25) is 0 Å². The van der Waals surface area contributed by atoms with E-state index in [0.717, 1.165) is 23.0 Å². The Labute approximate surface area is 128 Å². The summed E-state index contributed by atoms with van der Waals surface area (Å²) in [5, 5.41) is 12.7. The molecule has 1 aromatic carbocycles. The fourth-order valence-corrected chi connectivity index (χ4v) is 3.22. The van der Waals surface area contributed by atoms with Gasteiger partial charge in [-0.15, -0.1) is 0 Å². The number of nitrogens with one attached hydrogen (secondary N) is 1. The second kappa shape index (κ2) is 6.44. The van der Waals surface area contributed by atoms with Gasteiger partial charge in [0.1, 0.15) is 6.04 Å². The van der Waals surface area contributed by atoms with Crippen LogP contribution >= 0.6 is 15.9 Å². The Balaban J connectivity index is 2.13. The predicted octanol–water partition coefficient (Wildman–Crippen LogP) is 4.31. The molecule has 0 radical (unpaired) electrons. The molecule has 0 fully saturated rings. The van der Waals surface area contributed by atoms with Crippen LogP contribution in [-0.2, 0) is 4.79 Å². The molecule has 2 N–H and O–H groups in total. The largest absolute Gasteiger partial charge is 0.480 e. The van der Waals surface area contributed by atoms with Crippen molar-refractivity contribution in [3.05, 3.63) is 40.4 Å². The number of benzene rings is 1. The quantitative estimate of drug-likeness (QED) is 0.805. The highest BCUT2D eigenvalue weighted by molar-refractivity contribution is 9.10. The van der Waals surface area contributed by atoms with Crippen LogP contribution in [0.3, 0.4) is 0 Å². The van der Waals surface area contributed by atoms with Crippen molar-refractivity contribution in [3.63, 3.8) is 0 Å². The van der Waals surface area contributed by atoms with E-state index in [0.29, 0.717) is 5.92 Å². The Kier molecular flexibility index (Phi) is 4.86. The molecule has 2 rings (SSSR count). The lowest BCUT2D eigenvalue weighted by molar-refractivity contribution is -0.139. The summed E-state index contributed by atoms with van der Waals surface area (Å²) in [5.41, 5.74) is 2.14. The van der Waals surface area contributed by atoms with E-state index in [1.165, 1.54) is 5.57 Å². The van der Waals surface area contributed by atoms with E-state index in [1.54, 1.807) is 0 Å². The molecule has 0 spiro atoms. The van der Waals surface area contributed by atoms with Crippen molar-refractivity contribution in [1.29, 1.82) is 0 Å². The normalized spacial score (nSPS) is 23.9. The molecule has 0 heterocycles. The maximum Gasteiger partial charge on any atom is 0.326 e. The lowest BCUT2D eigenvalue weighted by atomic mass is 9.79. The molecule has 0 aromatic heterocycles. The molecule has 4 heteroatoms. The van der Waals surface area contributed by atoms with Crippen molar-refractivity contribution >= 4 is 27.6 Å². The fourth-order valence-electron chi connectivity index (χ4n) is 2.96. The minimum atomic E-state index is -0.778. The first kappa shape index (κ1) is 15.1. The third-order valence-corrected chi connectivity index (χ3v) is 4.26. The van der Waals surface area contributed by atoms with E-state index < -0.39 is 12.0 Å². The highest BCUT2D eigenvalue weighted by Crippen LogP contribution is 2.31. The first-order valence-corrected chi connectivity index (χ1v) is 7.67. The van der Waals surface area contributed by atoms with Crippen LogP contribution in [0.1, 0.15) is 26.7 Å². The zero-order chi connectivity index (χ0) is 14.7. The zero-order valence-electron chi connectivity index (χ0n) is 11.8. The van der Waals surface area contributed by atoms with Crippen LogP contribution < -0.4 is 5.32 Å². The van der Waals surface area contributed by atoms with Crippen molar-refractivity contribution in [2.45, 2.75) is 32.7 Å². The molecule has 0 bridgehead atoms. The van der Waals surface area contributed by atoms with Crippen LogP contribution in [0.4, 0.5) is 5.69 Å². The average molecular weight is 338 g/mol. The highest BCUT2D eigenvalue weighted by Gasteiger charge is 2.31. The molecule has 3 unspecified atom stereocenters. The Morgan fingerprint density at radius 1 is 1.40 bits per heavy atom. The molecule has 108 valence electrons. The molecule has 1 aliphatic rings. The van der Waals surface area contributed by atoms with Gasteiger partial charge in [-0.2, -0.15) is 0 Å². The molecular weight excluding hydrogens is 318 g/mol. The van der Waals surface area contributed by atoms with Gasteiger partial charge in [0.25, 0.3) is 0 Å². The number of halogens is 1. The topological polar surface area (TPSA) is 49.3 Å². The Bertz CT molecular complexity index is 510. The van der Waals surface area contributed by atoms with Gasteiger partial charge >= 0.3 is 5.97 Å². The SMILES string of the molecule is CC1=CC(C)CC(C(Nc2ccc(Br)cc2)C(=O)O)C1. The third kappa shape index (κ3) is 3.85. The van der Waals surface area contributed by atoms with Gasteiger partial charge in [-0.3, -0.25) is 0 Å². The van der Waals surface area contributed by atoms with Crippen LogP contribution in [0.5, 0.6) is 0 Å². The summed E-state index contributed by atoms with van der Waals surface area (Å²) in [6.07, 6.45) is 4.01. The molecule has 0 saturated heterocycles. The molecule has 0 aliphatic heterocycles. The summed E-state index contributed by atoms with van der Waals surface area (Å²) >= 11 is 3.38. The number of carbonyl (C=O) groups is 1. The number of hydrogen-bond donors (Lipinski definition) is 2. The summed E-state index contributed by atoms with van der Waals surface area (Å²) in [5.74, 6) is -0.196. The van der Waals surface area contributed by atoms with Gasteiger partial charge in [0.05, 0.1) is 0 Å². The van der Waals surface area contributed by atoms with Crippen molar-refractivity contribution in [2.24, 2.45) is 11.8 Å². The van der Waals surface area contributed by atoms with Crippen LogP contribution in [-0.4, -0.2) is 17.1 Å². The first-order valence-electron chi connectivity index (χ1n) is 6.88. The summed E-state index contributed by atoms with van der Waals surface area (Å²) in [6, 6.07) is 7.08. The van der Waals surface area contributed by atoms with E-state index in [2.05, 4.69) is 41.2 Å². The lowest BCUT2D eigenvalue weighted by Crippen LogP contribution is -2.38. The monoisotopic (exact) mass is 337 g/mol. The average Bonchev–Trinajstić information content (AvgIpc) is 2.36. The van der Waals surface area contributed by atoms with Gasteiger partial charge in [-0.1, -0.05) is 34.5 Å². The molecule has 3 atom stereocenters. The lowest BCUT2D eigenvalue weighted by Gasteiger charge is -2.31. The van der Waals surface area contributed by atoms with Gasteiger partial charge in [0, 0.05) is 10.2 Å². The van der Waals surface area contributed by atoms with Crippen molar-refractivity contribution in [3.8, 4) is 0 Å². The molecule has 0 saturated carbocycles. The molecule has 20 heavy (non-hydrogen) atoms. The fraction of sp³-hybridized carbons (Fsp3) is 0.438. The van der Waals surface area contributed by atoms with Crippen molar-refractivity contribution in [2.75, 3.05) is 5.32 Å². The van der Waals surface area contributed by atoms with E-state index in [4.69, 9.17) is 0 Å². The van der Waals surface area contributed by atoms with E-state index in [9.17, 15) is 9.90 Å². The van der Waals surface area contributed by atoms with E-state index in [-0.39, 0.29) is 5.92 Å². The van der Waals surface area contributed by atoms with E-state index >= 15 is 0 Å². The third-order valence-electron chi connectivity index (χ3n) is 3.73. The van der Waals surface area contributed by atoms with Gasteiger partial charge in [-0.25, -0.2) is 4.79 Å². The van der Waals surface area contributed by atoms with Crippen molar-refractivity contribution in [1.82, 2.24) is 0 Å². The number of rotatable bonds is 4. The number of hydrogen-bond acceptors (Lipinski definition) is 2. The number of allylic oxidation sites excluding steroid dienone is 2. The number of carboxylic acid groups (broad SMARTS) is 1. The highest BCUT2D eigenvalue weighted by atomic mass is 79.9. The first-order chi connectivity index (χ1) is 9.45. The molecule has 1 aromatic rings. The van der Waals surface area contributed by atoms with Crippen LogP contribution in [0, 0.1) is 11.8 Å². The molecule has 3 nitrogen and oxygen atoms in total. The smallest absolute Gasteiger partial charge is 0.326 e. The second-order valence-corrected chi connectivity index (χ2v) is 6.57. The summed E-state index contributed by atoms with van der Waals surface area (Å²) < 4.78 is 0.986. The molecule has 1 aliphatic carbocycles. The van der Waals surface area contributed by atoms with Gasteiger partial charge in [0.15, 0.2) is 0 Å². The number of anilines is 1. The van der Waals surface area contributed by atoms with Crippen molar-refractivity contribution < 1.29 is 9.90 Å². The molecular formula is C16H20BrNO2. The summed E-state index contributed by atoms with van der Waals surface area (Å²) in [7, 11) is 0. The van der Waals surface area contributed by atoms with Gasteiger partial charge < -0.3 is 10.4 Å². The molecule has 0 amide bonds. The Morgan fingerprint density at radius 3 is 2.60 bits per heavy atom. The summed E-state index contributed by atoms with van der Waals surface area (Å²) in [4.78, 5) is 11.6. The Morgan fingerprint density at radius 2 is 2.05 bits per heavy atom. The van der Waals surface area contributed by atoms with Crippen LogP contribution in [0.15, 0.2) is 40.4 Å². The van der Waals surface area contributed by atoms with Gasteiger partial charge in [-0.05, 0) is 55.9 Å². The summed E-state index contributed by atoms with van der Waals surface area (Å²) in [6.45, 7) is 4.23. The zero-order valence-corrected chi connectivity index (χ0v) is 13.4. The maximum atomic E-state index is 11.6. The minimum absolute atomic E-state index is 0.135. The minimum Gasteiger partial charge on any atom is -0.480 e. The number of aliphatic carboxylic acids is 1. The van der Waals surface area contributed by atoms with Crippen LogP contribution in [0.25, 0.3) is 0 Å². The maximum absolute atomic E-state index is 11.6. The number of carboxylic acids is 1. The second-order valence-electron chi connectivity index (χ2n) is 5.66. The Hall–Kier alpha value is -1.29. The van der Waals surface area contributed by atoms with E-state index in [1.807, 2.05) is 24.3 Å².